The fourth-order valence-corrected chi connectivity index (χ4v) is 4.18. The Hall–Kier alpha value is -1.12. The Morgan fingerprint density at radius 3 is 2.69 bits per heavy atom. The minimum atomic E-state index is -3.65. The number of thiophene rings is 1. The van der Waals surface area contributed by atoms with Crippen molar-refractivity contribution in [3.63, 3.8) is 0 Å². The Bertz CT molecular complexity index is 636. The largest absolute Gasteiger partial charge is 0.315 e. The molecule has 2 N–H and O–H groups in total. The van der Waals surface area contributed by atoms with Crippen molar-refractivity contribution < 1.29 is 8.42 Å². The van der Waals surface area contributed by atoms with Crippen molar-refractivity contribution in [2.75, 3.05) is 4.72 Å². The molecule has 2 aromatic heterocycles. The SMILES string of the molecule is Cc1[nH]c(=O)sc1S(=O)(=O)Nc1ccsc1. The molecule has 0 saturated heterocycles. The summed E-state index contributed by atoms with van der Waals surface area (Å²) in [5.74, 6) is 0. The van der Waals surface area contributed by atoms with Crippen LogP contribution in [0.4, 0.5) is 5.69 Å². The molecule has 0 aliphatic carbocycles. The lowest BCUT2D eigenvalue weighted by Gasteiger charge is -2.03. The smallest absolute Gasteiger partial charge is 0.306 e. The maximum atomic E-state index is 11.9. The molecule has 86 valence electrons. The average molecular weight is 276 g/mol. The Kier molecular flexibility index (Phi) is 2.87. The van der Waals surface area contributed by atoms with E-state index in [2.05, 4.69) is 9.71 Å². The molecule has 0 unspecified atom stereocenters. The molecule has 0 bridgehead atoms. The van der Waals surface area contributed by atoms with Gasteiger partial charge in [-0.1, -0.05) is 11.3 Å². The van der Waals surface area contributed by atoms with Crippen LogP contribution in [0, 0.1) is 6.92 Å². The van der Waals surface area contributed by atoms with E-state index in [1.54, 1.807) is 23.8 Å². The van der Waals surface area contributed by atoms with Gasteiger partial charge in [0.1, 0.15) is 0 Å². The quantitative estimate of drug-likeness (QED) is 0.893. The number of hydrogen-bond acceptors (Lipinski definition) is 5. The normalized spacial score (nSPS) is 11.6. The van der Waals surface area contributed by atoms with Gasteiger partial charge in [-0.2, -0.15) is 11.3 Å². The van der Waals surface area contributed by atoms with E-state index in [4.69, 9.17) is 0 Å². The molecule has 16 heavy (non-hydrogen) atoms. The number of aryl methyl sites for hydroxylation is 1. The second-order valence-corrected chi connectivity index (χ2v) is 6.69. The van der Waals surface area contributed by atoms with Crippen molar-refractivity contribution in [2.24, 2.45) is 0 Å². The van der Waals surface area contributed by atoms with Crippen LogP contribution in [0.25, 0.3) is 0 Å². The molecule has 0 radical (unpaired) electrons. The first-order valence-electron chi connectivity index (χ1n) is 4.24. The number of nitrogens with one attached hydrogen (secondary N) is 2. The summed E-state index contributed by atoms with van der Waals surface area (Å²) in [5, 5.41) is 3.45. The predicted molar refractivity (Wildman–Crippen MR) is 64.8 cm³/mol. The van der Waals surface area contributed by atoms with E-state index in [0.29, 0.717) is 22.7 Å². The summed E-state index contributed by atoms with van der Waals surface area (Å²) in [6.07, 6.45) is 0. The summed E-state index contributed by atoms with van der Waals surface area (Å²) >= 11 is 2.08. The molecule has 0 atom stereocenters. The van der Waals surface area contributed by atoms with Crippen LogP contribution in [-0.4, -0.2) is 13.4 Å². The molecule has 0 spiro atoms. The minimum absolute atomic E-state index is 0.0312. The highest BCUT2D eigenvalue weighted by atomic mass is 32.2. The van der Waals surface area contributed by atoms with E-state index in [1.165, 1.54) is 11.3 Å². The predicted octanol–water partition coefficient (Wildman–Crippen LogP) is 1.61. The summed E-state index contributed by atoms with van der Waals surface area (Å²) < 4.78 is 26.2. The fourth-order valence-electron chi connectivity index (χ4n) is 1.17. The number of aromatic amines is 1. The third-order valence-corrected chi connectivity index (χ3v) is 5.47. The third-order valence-electron chi connectivity index (χ3n) is 1.80. The van der Waals surface area contributed by atoms with Crippen LogP contribution in [0.3, 0.4) is 0 Å². The standard InChI is InChI=1S/C8H8N2O3S3/c1-5-7(15-8(11)9-5)16(12,13)10-6-2-3-14-4-6/h2-4,10H,1H3,(H,9,11). The van der Waals surface area contributed by atoms with Crippen molar-refractivity contribution in [2.45, 2.75) is 11.1 Å². The lowest BCUT2D eigenvalue weighted by molar-refractivity contribution is 0.602. The van der Waals surface area contributed by atoms with E-state index < -0.39 is 10.0 Å². The van der Waals surface area contributed by atoms with E-state index in [0.717, 1.165) is 0 Å². The molecule has 8 heteroatoms. The number of anilines is 1. The molecule has 0 amide bonds. The molecule has 5 nitrogen and oxygen atoms in total. The third kappa shape index (κ3) is 2.18. The second-order valence-electron chi connectivity index (χ2n) is 3.04. The number of rotatable bonds is 3. The van der Waals surface area contributed by atoms with Gasteiger partial charge >= 0.3 is 4.87 Å². The molecule has 2 aromatic rings. The molecular weight excluding hydrogens is 268 g/mol. The van der Waals surface area contributed by atoms with Crippen LogP contribution in [0.2, 0.25) is 0 Å². The zero-order chi connectivity index (χ0) is 11.8. The Labute approximate surface area is 99.8 Å². The first-order valence-corrected chi connectivity index (χ1v) is 7.48. The first kappa shape index (κ1) is 11.4. The molecule has 0 saturated carbocycles. The van der Waals surface area contributed by atoms with Crippen LogP contribution in [0.15, 0.2) is 25.8 Å². The molecule has 0 fully saturated rings. The van der Waals surface area contributed by atoms with Crippen molar-refractivity contribution in [3.8, 4) is 0 Å². The Morgan fingerprint density at radius 1 is 1.44 bits per heavy atom. The average Bonchev–Trinajstić information content (AvgIpc) is 2.75. The molecule has 2 heterocycles. The van der Waals surface area contributed by atoms with Gasteiger partial charge in [-0.15, -0.1) is 0 Å². The van der Waals surface area contributed by atoms with E-state index in [1.807, 2.05) is 0 Å². The van der Waals surface area contributed by atoms with Gasteiger partial charge in [0.2, 0.25) is 0 Å². The molecule has 0 aromatic carbocycles. The van der Waals surface area contributed by atoms with Crippen molar-refractivity contribution in [3.05, 3.63) is 32.2 Å². The number of H-pyrrole nitrogens is 1. The maximum Gasteiger partial charge on any atom is 0.306 e. The van der Waals surface area contributed by atoms with Gasteiger partial charge < -0.3 is 4.98 Å². The number of aromatic nitrogens is 1. The minimum Gasteiger partial charge on any atom is -0.315 e. The fraction of sp³-hybridized carbons (Fsp3) is 0.125. The zero-order valence-corrected chi connectivity index (χ0v) is 10.6. The van der Waals surface area contributed by atoms with Crippen LogP contribution in [0.1, 0.15) is 5.69 Å². The Morgan fingerprint density at radius 2 is 2.19 bits per heavy atom. The molecule has 0 aliphatic heterocycles. The van der Waals surface area contributed by atoms with Crippen LogP contribution >= 0.6 is 22.7 Å². The molecular formula is C8H8N2O3S3. The highest BCUT2D eigenvalue weighted by Gasteiger charge is 2.20. The maximum absolute atomic E-state index is 11.9. The van der Waals surface area contributed by atoms with Gasteiger partial charge in [-0.25, -0.2) is 8.42 Å². The van der Waals surface area contributed by atoms with Crippen molar-refractivity contribution in [1.82, 2.24) is 4.98 Å². The van der Waals surface area contributed by atoms with Crippen LogP contribution < -0.4 is 9.60 Å². The van der Waals surface area contributed by atoms with Gasteiger partial charge in [-0.05, 0) is 18.4 Å². The highest BCUT2D eigenvalue weighted by Crippen LogP contribution is 2.21. The van der Waals surface area contributed by atoms with E-state index in [9.17, 15) is 13.2 Å². The summed E-state index contributed by atoms with van der Waals surface area (Å²) in [7, 11) is -3.65. The summed E-state index contributed by atoms with van der Waals surface area (Å²) in [5.41, 5.74) is 0.864. The van der Waals surface area contributed by atoms with E-state index in [-0.39, 0.29) is 9.08 Å². The lowest BCUT2D eigenvalue weighted by atomic mass is 10.6. The topological polar surface area (TPSA) is 79.0 Å². The lowest BCUT2D eigenvalue weighted by Crippen LogP contribution is -2.11. The Balaban J connectivity index is 2.40. The van der Waals surface area contributed by atoms with Crippen molar-refractivity contribution in [1.29, 1.82) is 0 Å². The zero-order valence-electron chi connectivity index (χ0n) is 8.18. The van der Waals surface area contributed by atoms with Crippen molar-refractivity contribution >= 4 is 38.4 Å². The number of sulfonamides is 1. The number of hydrogen-bond donors (Lipinski definition) is 2. The monoisotopic (exact) mass is 276 g/mol. The summed E-state index contributed by atoms with van der Waals surface area (Å²) in [6.45, 7) is 1.56. The van der Waals surface area contributed by atoms with Crippen LogP contribution in [0.5, 0.6) is 0 Å². The van der Waals surface area contributed by atoms with Gasteiger partial charge in [0, 0.05) is 11.1 Å². The van der Waals surface area contributed by atoms with Gasteiger partial charge in [0.25, 0.3) is 10.0 Å². The van der Waals surface area contributed by atoms with E-state index >= 15 is 0 Å². The van der Waals surface area contributed by atoms with Gasteiger partial charge in [-0.3, -0.25) is 9.52 Å². The molecule has 2 rings (SSSR count). The van der Waals surface area contributed by atoms with Crippen LogP contribution in [-0.2, 0) is 10.0 Å². The van der Waals surface area contributed by atoms with Gasteiger partial charge in [0.05, 0.1) is 5.69 Å². The second kappa shape index (κ2) is 4.04. The highest BCUT2D eigenvalue weighted by molar-refractivity contribution is 7.94. The number of thiazole rings is 1. The summed E-state index contributed by atoms with van der Waals surface area (Å²) in [4.78, 5) is 13.1. The molecule has 0 aliphatic rings. The summed E-state index contributed by atoms with van der Waals surface area (Å²) in [6, 6.07) is 1.66. The van der Waals surface area contributed by atoms with Gasteiger partial charge in [0.15, 0.2) is 4.21 Å². The first-order chi connectivity index (χ1) is 7.49.